The monoisotopic (exact) mass is 709 g/mol. The number of rotatable bonds is 24. The second-order valence-electron chi connectivity index (χ2n) is 10.8. The lowest BCUT2D eigenvalue weighted by Crippen LogP contribution is -2.74. The molecule has 0 rings (SSSR count). The molecule has 0 saturated heterocycles. The van der Waals surface area contributed by atoms with Crippen LogP contribution in [0, 0.1) is 0 Å². The highest BCUT2D eigenvalue weighted by molar-refractivity contribution is 5.88. The van der Waals surface area contributed by atoms with E-state index in [0.29, 0.717) is 11.7 Å². The van der Waals surface area contributed by atoms with Gasteiger partial charge in [0.1, 0.15) is 6.54 Å². The summed E-state index contributed by atoms with van der Waals surface area (Å²) >= 11 is 0. The number of esters is 1. The third kappa shape index (κ3) is 10.7. The molecule has 1 N–H and O–H groups in total. The number of hydrogen-bond acceptors (Lipinski definition) is 3. The fourth-order valence-electron chi connectivity index (χ4n) is 4.08. The van der Waals surface area contributed by atoms with Gasteiger partial charge in [-0.3, -0.25) is 9.59 Å². The summed E-state index contributed by atoms with van der Waals surface area (Å²) in [5.74, 6) is -53.8. The molecule has 0 aromatic heterocycles. The van der Waals surface area contributed by atoms with E-state index in [4.69, 9.17) is 0 Å². The largest absolute Gasteiger partial charge is 0.464 e. The Morgan fingerprint density at radius 2 is 0.804 bits per heavy atom. The molecule has 0 saturated carbocycles. The predicted molar refractivity (Wildman–Crippen MR) is 135 cm³/mol. The highest BCUT2D eigenvalue weighted by Gasteiger charge is 2.94. The number of carbonyl (C=O) groups excluding carboxylic acids is 2. The Hall–Kier alpha value is -2.11. The lowest BCUT2D eigenvalue weighted by Gasteiger charge is -2.41. The van der Waals surface area contributed by atoms with Gasteiger partial charge in [0.2, 0.25) is 0 Å². The van der Waals surface area contributed by atoms with E-state index >= 15 is 0 Å². The second kappa shape index (κ2) is 17.9. The van der Waals surface area contributed by atoms with E-state index in [2.05, 4.69) is 11.7 Å². The van der Waals surface area contributed by atoms with Crippen molar-refractivity contribution >= 4 is 11.9 Å². The minimum atomic E-state index is -8.50. The van der Waals surface area contributed by atoms with E-state index in [1.807, 2.05) is 0 Å². The Morgan fingerprint density at radius 1 is 0.478 bits per heavy atom. The van der Waals surface area contributed by atoms with Crippen LogP contribution in [0.5, 0.6) is 0 Å². The normalized spacial score (nSPS) is 14.0. The Bertz CT molecular complexity index is 925. The van der Waals surface area contributed by atoms with Crippen molar-refractivity contribution < 1.29 is 80.2 Å². The molecule has 1 amide bonds. The SMILES string of the molecule is CCCCCCCCCCCCCCCCCOC(=O)CNC(=O)C(F)(F)C(F)(F)C(F)(F)C(F)(F)C(F)(F)C(F)(F)C(F)(F)F. The van der Waals surface area contributed by atoms with Gasteiger partial charge < -0.3 is 10.1 Å². The number of unbranched alkanes of at least 4 members (excludes halogenated alkanes) is 14. The molecule has 0 bridgehead atoms. The summed E-state index contributed by atoms with van der Waals surface area (Å²) in [7, 11) is 0. The van der Waals surface area contributed by atoms with Crippen LogP contribution in [0.3, 0.4) is 0 Å². The summed E-state index contributed by atoms with van der Waals surface area (Å²) in [6, 6.07) is 0. The third-order valence-corrected chi connectivity index (χ3v) is 7.02. The Labute approximate surface area is 256 Å². The number of hydrogen-bond donors (Lipinski definition) is 1. The van der Waals surface area contributed by atoms with Crippen LogP contribution in [-0.2, 0) is 14.3 Å². The van der Waals surface area contributed by atoms with Gasteiger partial charge >= 0.3 is 47.7 Å². The number of nitrogens with one attached hydrogen (secondary N) is 1. The minimum absolute atomic E-state index is 0.226. The molecule has 0 aliphatic rings. The van der Waals surface area contributed by atoms with Crippen LogP contribution < -0.4 is 5.32 Å². The lowest BCUT2D eigenvalue weighted by molar-refractivity contribution is -0.449. The molecule has 0 radical (unpaired) electrons. The Morgan fingerprint density at radius 3 is 1.17 bits per heavy atom. The summed E-state index contributed by atoms with van der Waals surface area (Å²) in [6.07, 6.45) is 7.37. The van der Waals surface area contributed by atoms with E-state index < -0.39 is 60.1 Å². The topological polar surface area (TPSA) is 55.4 Å². The van der Waals surface area contributed by atoms with Crippen molar-refractivity contribution in [1.82, 2.24) is 5.32 Å². The molecule has 0 aliphatic carbocycles. The van der Waals surface area contributed by atoms with E-state index in [0.717, 1.165) is 38.5 Å². The van der Waals surface area contributed by atoms with Gasteiger partial charge in [0.25, 0.3) is 5.91 Å². The highest BCUT2D eigenvalue weighted by Crippen LogP contribution is 2.62. The molecule has 0 unspecified atom stereocenters. The molecule has 0 atom stereocenters. The van der Waals surface area contributed by atoms with E-state index in [9.17, 15) is 75.4 Å². The van der Waals surface area contributed by atoms with Crippen LogP contribution in [0.1, 0.15) is 103 Å². The van der Waals surface area contributed by atoms with Crippen molar-refractivity contribution in [2.45, 2.75) is 145 Å². The van der Waals surface area contributed by atoms with Gasteiger partial charge in [-0.25, -0.2) is 0 Å². The van der Waals surface area contributed by atoms with Crippen LogP contribution >= 0.6 is 0 Å². The van der Waals surface area contributed by atoms with Gasteiger partial charge in [0.05, 0.1) is 6.61 Å². The van der Waals surface area contributed by atoms with Crippen molar-refractivity contribution in [3.63, 3.8) is 0 Å². The van der Waals surface area contributed by atoms with Gasteiger partial charge in [-0.2, -0.15) is 65.9 Å². The van der Waals surface area contributed by atoms with Crippen molar-refractivity contribution in [2.24, 2.45) is 0 Å². The molecule has 274 valence electrons. The molecule has 0 aromatic rings. The Balaban J connectivity index is 4.68. The molecule has 0 aliphatic heterocycles. The number of alkyl halides is 15. The lowest BCUT2D eigenvalue weighted by atomic mass is 9.91. The van der Waals surface area contributed by atoms with Crippen LogP contribution in [0.15, 0.2) is 0 Å². The first-order valence-corrected chi connectivity index (χ1v) is 14.6. The summed E-state index contributed by atoms with van der Waals surface area (Å²) in [4.78, 5) is 22.9. The van der Waals surface area contributed by atoms with Crippen LogP contribution in [0.2, 0.25) is 0 Å². The molecule has 0 heterocycles. The van der Waals surface area contributed by atoms with Gasteiger partial charge in [0.15, 0.2) is 0 Å². The first-order chi connectivity index (χ1) is 20.9. The van der Waals surface area contributed by atoms with Gasteiger partial charge in [0, 0.05) is 0 Å². The zero-order valence-electron chi connectivity index (χ0n) is 24.9. The van der Waals surface area contributed by atoms with Crippen LogP contribution in [-0.4, -0.2) is 66.7 Å². The number of halogens is 15. The molecule has 46 heavy (non-hydrogen) atoms. The molecule has 19 heteroatoms. The molecule has 0 fully saturated rings. The second-order valence-corrected chi connectivity index (χ2v) is 10.8. The maximum atomic E-state index is 13.8. The summed E-state index contributed by atoms with van der Waals surface area (Å²) in [5, 5.41) is 0.613. The Kier molecular flexibility index (Phi) is 17.1. The van der Waals surface area contributed by atoms with Crippen molar-refractivity contribution in [3.05, 3.63) is 0 Å². The molecule has 4 nitrogen and oxygen atoms in total. The fraction of sp³-hybridized carbons (Fsp3) is 0.926. The van der Waals surface area contributed by atoms with E-state index in [-0.39, 0.29) is 13.0 Å². The number of carbonyl (C=O) groups is 2. The zero-order chi connectivity index (χ0) is 36.1. The molecule has 0 spiro atoms. The molecule has 0 aromatic carbocycles. The average molecular weight is 710 g/mol. The predicted octanol–water partition coefficient (Wildman–Crippen LogP) is 9.89. The van der Waals surface area contributed by atoms with E-state index in [1.165, 1.54) is 44.9 Å². The van der Waals surface area contributed by atoms with Crippen molar-refractivity contribution in [1.29, 1.82) is 0 Å². The fourth-order valence-corrected chi connectivity index (χ4v) is 4.08. The number of ether oxygens (including phenoxy) is 1. The first kappa shape index (κ1) is 43.9. The van der Waals surface area contributed by atoms with Gasteiger partial charge in [-0.1, -0.05) is 96.8 Å². The summed E-state index contributed by atoms with van der Waals surface area (Å²) in [6.45, 7) is 0.0418. The maximum absolute atomic E-state index is 13.8. The summed E-state index contributed by atoms with van der Waals surface area (Å²) in [5.41, 5.74) is 0. The number of amides is 1. The standard InChI is InChI=1S/C27H38F15NO3/c1-2-3-4-5-6-7-8-9-10-11-12-13-14-15-16-17-46-19(44)18-43-20(45)21(28,29)22(30,31)23(32,33)24(34,35)25(36,37)26(38,39)27(40,41)42/h2-18H2,1H3,(H,43,45). The van der Waals surface area contributed by atoms with Crippen LogP contribution in [0.25, 0.3) is 0 Å². The van der Waals surface area contributed by atoms with Crippen molar-refractivity contribution in [3.8, 4) is 0 Å². The smallest absolute Gasteiger partial charge is 0.460 e. The highest BCUT2D eigenvalue weighted by atomic mass is 19.4. The van der Waals surface area contributed by atoms with Crippen molar-refractivity contribution in [2.75, 3.05) is 13.2 Å². The minimum Gasteiger partial charge on any atom is -0.464 e. The molecular weight excluding hydrogens is 671 g/mol. The maximum Gasteiger partial charge on any atom is 0.460 e. The third-order valence-electron chi connectivity index (χ3n) is 7.02. The molecular formula is C27H38F15NO3. The zero-order valence-corrected chi connectivity index (χ0v) is 24.9. The first-order valence-electron chi connectivity index (χ1n) is 14.6. The van der Waals surface area contributed by atoms with Gasteiger partial charge in [-0.05, 0) is 6.42 Å². The average Bonchev–Trinajstić information content (AvgIpc) is 2.94. The van der Waals surface area contributed by atoms with Gasteiger partial charge in [-0.15, -0.1) is 0 Å². The summed E-state index contributed by atoms with van der Waals surface area (Å²) < 4.78 is 202. The quantitative estimate of drug-likeness (QED) is 0.0617. The van der Waals surface area contributed by atoms with E-state index in [1.54, 1.807) is 0 Å². The van der Waals surface area contributed by atoms with Crippen LogP contribution in [0.4, 0.5) is 65.9 Å².